The average Bonchev–Trinajstić information content (AvgIpc) is 3.16. The van der Waals surface area contributed by atoms with Crippen molar-refractivity contribution in [1.82, 2.24) is 15.5 Å². The molecular weight excluding hydrogens is 536 g/mol. The Morgan fingerprint density at radius 3 is 2.38 bits per heavy atom. The first-order valence-corrected chi connectivity index (χ1v) is 12.6. The number of benzene rings is 2. The van der Waals surface area contributed by atoms with Crippen LogP contribution in [0.15, 0.2) is 42.5 Å². The first-order chi connectivity index (χ1) is 18.9. The van der Waals surface area contributed by atoms with Crippen molar-refractivity contribution in [3.63, 3.8) is 0 Å². The Bertz CT molecular complexity index is 1420. The number of hydrogen-bond donors (Lipinski definition) is 2. The summed E-state index contributed by atoms with van der Waals surface area (Å²) in [6.07, 6.45) is -4.56. The zero-order valence-corrected chi connectivity index (χ0v) is 21.0. The summed E-state index contributed by atoms with van der Waals surface area (Å²) in [4.78, 5) is 64.7. The fourth-order valence-corrected chi connectivity index (χ4v) is 5.18. The molecule has 5 rings (SSSR count). The summed E-state index contributed by atoms with van der Waals surface area (Å²) in [6.45, 7) is 0.0510. The van der Waals surface area contributed by atoms with Crippen molar-refractivity contribution >= 4 is 35.2 Å². The molecule has 0 spiro atoms. The average molecular weight is 561 g/mol. The number of amides is 5. The van der Waals surface area contributed by atoms with E-state index < -0.39 is 53.0 Å². The molecule has 3 heterocycles. The molecule has 0 saturated carbocycles. The van der Waals surface area contributed by atoms with Gasteiger partial charge in [0.1, 0.15) is 11.7 Å². The van der Waals surface area contributed by atoms with E-state index in [-0.39, 0.29) is 62.0 Å². The molecule has 9 nitrogen and oxygen atoms in total. The van der Waals surface area contributed by atoms with Gasteiger partial charge in [0.25, 0.3) is 17.7 Å². The van der Waals surface area contributed by atoms with Crippen molar-refractivity contribution < 1.29 is 41.5 Å². The van der Waals surface area contributed by atoms with Crippen LogP contribution in [0.4, 0.5) is 23.2 Å². The zero-order chi connectivity index (χ0) is 28.8. The van der Waals surface area contributed by atoms with Gasteiger partial charge in [0.15, 0.2) is 0 Å². The molecule has 2 N–H and O–H groups in total. The molecule has 2 fully saturated rings. The number of anilines is 1. The molecule has 2 aromatic carbocycles. The maximum Gasteiger partial charge on any atom is 0.416 e. The first-order valence-electron chi connectivity index (χ1n) is 12.6. The van der Waals surface area contributed by atoms with E-state index in [1.165, 1.54) is 18.2 Å². The van der Waals surface area contributed by atoms with E-state index in [9.17, 15) is 37.1 Å². The van der Waals surface area contributed by atoms with E-state index in [1.54, 1.807) is 6.07 Å². The summed E-state index contributed by atoms with van der Waals surface area (Å²) in [5.74, 6) is -3.26. The standard InChI is InChI=1S/C27H24F4N4O5/c28-26(14-32-22(37)15-2-1-3-16(12-15)27(29,30)31)8-10-34(11-9-26)17-4-5-18-19(13-17)25(40)35(24(18)39)20-6-7-21(36)33-23(20)38/h1-5,12-13,20H,6-11,14H2,(H,32,37)(H,33,36,38). The van der Waals surface area contributed by atoms with Gasteiger partial charge in [-0.2, -0.15) is 13.2 Å². The Morgan fingerprint density at radius 1 is 1.00 bits per heavy atom. The molecule has 13 heteroatoms. The van der Waals surface area contributed by atoms with Crippen molar-refractivity contribution in [2.45, 2.75) is 43.6 Å². The number of carbonyl (C=O) groups is 5. The van der Waals surface area contributed by atoms with Gasteiger partial charge in [-0.3, -0.25) is 34.2 Å². The highest BCUT2D eigenvalue weighted by Gasteiger charge is 2.45. The topological polar surface area (TPSA) is 116 Å². The van der Waals surface area contributed by atoms with E-state index in [0.29, 0.717) is 11.8 Å². The van der Waals surface area contributed by atoms with Gasteiger partial charge in [-0.15, -0.1) is 0 Å². The third-order valence-electron chi connectivity index (χ3n) is 7.47. The number of nitrogens with zero attached hydrogens (tertiary/aromatic N) is 2. The van der Waals surface area contributed by atoms with E-state index in [1.807, 2.05) is 4.90 Å². The fourth-order valence-electron chi connectivity index (χ4n) is 5.18. The normalized spacial score (nSPS) is 20.9. The highest BCUT2D eigenvalue weighted by Crippen LogP contribution is 2.34. The highest BCUT2D eigenvalue weighted by atomic mass is 19.4. The first kappa shape index (κ1) is 27.3. The molecule has 0 aliphatic carbocycles. The second-order valence-corrected chi connectivity index (χ2v) is 10.1. The van der Waals surface area contributed by atoms with Crippen LogP contribution >= 0.6 is 0 Å². The van der Waals surface area contributed by atoms with Crippen LogP contribution in [0.3, 0.4) is 0 Å². The Balaban J connectivity index is 1.21. The van der Waals surface area contributed by atoms with Crippen molar-refractivity contribution in [2.75, 3.05) is 24.5 Å². The lowest BCUT2D eigenvalue weighted by atomic mass is 9.92. The maximum atomic E-state index is 15.5. The third-order valence-corrected chi connectivity index (χ3v) is 7.47. The lowest BCUT2D eigenvalue weighted by Gasteiger charge is -2.37. The Labute approximate surface area is 225 Å². The van der Waals surface area contributed by atoms with Crippen LogP contribution in [0.2, 0.25) is 0 Å². The summed E-state index contributed by atoms with van der Waals surface area (Å²) in [7, 11) is 0. The molecule has 0 bridgehead atoms. The minimum Gasteiger partial charge on any atom is -0.371 e. The smallest absolute Gasteiger partial charge is 0.371 e. The number of nitrogens with one attached hydrogen (secondary N) is 2. The molecule has 2 saturated heterocycles. The van der Waals surface area contributed by atoms with E-state index in [0.717, 1.165) is 17.0 Å². The number of alkyl halides is 4. The monoisotopic (exact) mass is 560 g/mol. The third kappa shape index (κ3) is 5.15. The van der Waals surface area contributed by atoms with Crippen LogP contribution in [-0.4, -0.2) is 65.8 Å². The SMILES string of the molecule is O=C1CCC(N2C(=O)c3ccc(N4CCC(F)(CNC(=O)c5cccc(C(F)(F)F)c5)CC4)cc3C2=O)C(=O)N1. The Hall–Kier alpha value is -4.29. The van der Waals surface area contributed by atoms with Crippen molar-refractivity contribution in [1.29, 1.82) is 0 Å². The van der Waals surface area contributed by atoms with E-state index in [4.69, 9.17) is 0 Å². The van der Waals surface area contributed by atoms with Crippen LogP contribution in [0.5, 0.6) is 0 Å². The molecule has 0 aromatic heterocycles. The molecule has 210 valence electrons. The summed E-state index contributed by atoms with van der Waals surface area (Å²) in [5.41, 5.74) is -2.18. The maximum absolute atomic E-state index is 15.5. The Kier molecular flexibility index (Phi) is 6.84. The quantitative estimate of drug-likeness (QED) is 0.429. The largest absolute Gasteiger partial charge is 0.416 e. The minimum absolute atomic E-state index is 0.00221. The predicted octanol–water partition coefficient (Wildman–Crippen LogP) is 2.85. The Morgan fingerprint density at radius 2 is 1.70 bits per heavy atom. The van der Waals surface area contributed by atoms with Gasteiger partial charge < -0.3 is 10.2 Å². The van der Waals surface area contributed by atoms with Gasteiger partial charge >= 0.3 is 6.18 Å². The summed E-state index contributed by atoms with van der Waals surface area (Å²) in [6, 6.07) is 7.42. The second-order valence-electron chi connectivity index (χ2n) is 10.1. The van der Waals surface area contributed by atoms with Crippen LogP contribution < -0.4 is 15.5 Å². The molecule has 3 aliphatic rings. The number of piperidine rings is 2. The molecule has 3 aliphatic heterocycles. The van der Waals surface area contributed by atoms with Crippen LogP contribution in [0.25, 0.3) is 0 Å². The van der Waals surface area contributed by atoms with Gasteiger partial charge in [0.2, 0.25) is 11.8 Å². The van der Waals surface area contributed by atoms with Gasteiger partial charge in [-0.1, -0.05) is 6.07 Å². The molecular formula is C27H24F4N4O5. The van der Waals surface area contributed by atoms with Gasteiger partial charge in [-0.25, -0.2) is 4.39 Å². The molecule has 2 aromatic rings. The predicted molar refractivity (Wildman–Crippen MR) is 132 cm³/mol. The molecule has 0 radical (unpaired) electrons. The van der Waals surface area contributed by atoms with Crippen LogP contribution in [0.1, 0.15) is 62.3 Å². The van der Waals surface area contributed by atoms with Gasteiger partial charge in [0.05, 0.1) is 23.2 Å². The van der Waals surface area contributed by atoms with Crippen molar-refractivity contribution in [3.8, 4) is 0 Å². The number of fused-ring (bicyclic) bond motifs is 1. The molecule has 1 unspecified atom stereocenters. The van der Waals surface area contributed by atoms with Crippen LogP contribution in [-0.2, 0) is 15.8 Å². The van der Waals surface area contributed by atoms with Gasteiger partial charge in [-0.05, 0) is 42.8 Å². The van der Waals surface area contributed by atoms with E-state index >= 15 is 4.39 Å². The fraction of sp³-hybridized carbons (Fsp3) is 0.370. The summed E-state index contributed by atoms with van der Waals surface area (Å²) >= 11 is 0. The number of imide groups is 2. The molecule has 1 atom stereocenters. The lowest BCUT2D eigenvalue weighted by Crippen LogP contribution is -2.54. The summed E-state index contributed by atoms with van der Waals surface area (Å²) < 4.78 is 54.3. The van der Waals surface area contributed by atoms with Gasteiger partial charge in [0, 0.05) is 43.6 Å². The molecule has 5 amide bonds. The van der Waals surface area contributed by atoms with Crippen molar-refractivity contribution in [3.05, 3.63) is 64.7 Å². The summed E-state index contributed by atoms with van der Waals surface area (Å²) in [5, 5.41) is 4.53. The minimum atomic E-state index is -4.61. The second kappa shape index (κ2) is 10.0. The van der Waals surface area contributed by atoms with E-state index in [2.05, 4.69) is 10.6 Å². The lowest BCUT2D eigenvalue weighted by molar-refractivity contribution is -0.138. The van der Waals surface area contributed by atoms with Crippen molar-refractivity contribution in [2.24, 2.45) is 0 Å². The highest BCUT2D eigenvalue weighted by molar-refractivity contribution is 6.23. The molecule has 40 heavy (non-hydrogen) atoms. The number of rotatable bonds is 5. The number of hydrogen-bond acceptors (Lipinski definition) is 6. The number of carbonyl (C=O) groups excluding carboxylic acids is 5. The number of halogens is 4. The van der Waals surface area contributed by atoms with Crippen LogP contribution in [0, 0.1) is 0 Å². The zero-order valence-electron chi connectivity index (χ0n) is 21.0.